The predicted octanol–water partition coefficient (Wildman–Crippen LogP) is 4.17. The van der Waals surface area contributed by atoms with Crippen molar-refractivity contribution in [3.63, 3.8) is 0 Å². The number of carboxylic acids is 1. The zero-order valence-electron chi connectivity index (χ0n) is 19.9. The van der Waals surface area contributed by atoms with E-state index in [1.165, 1.54) is 22.3 Å². The van der Waals surface area contributed by atoms with Gasteiger partial charge in [-0.15, -0.1) is 0 Å². The summed E-state index contributed by atoms with van der Waals surface area (Å²) in [5, 5.41) is 15.1. The number of ether oxygens (including phenoxy) is 1. The van der Waals surface area contributed by atoms with Crippen molar-refractivity contribution in [2.75, 3.05) is 13.2 Å². The molecular formula is C28H32N2O5. The lowest BCUT2D eigenvalue weighted by Gasteiger charge is -2.41. The van der Waals surface area contributed by atoms with Gasteiger partial charge in [0.1, 0.15) is 6.61 Å². The summed E-state index contributed by atoms with van der Waals surface area (Å²) in [7, 11) is 0. The largest absolute Gasteiger partial charge is 0.481 e. The molecule has 3 N–H and O–H groups in total. The molecule has 2 fully saturated rings. The van der Waals surface area contributed by atoms with Crippen molar-refractivity contribution in [3.05, 3.63) is 59.7 Å². The number of nitrogens with one attached hydrogen (secondary N) is 2. The zero-order valence-corrected chi connectivity index (χ0v) is 19.9. The van der Waals surface area contributed by atoms with E-state index in [2.05, 4.69) is 34.9 Å². The molecule has 0 bridgehead atoms. The lowest BCUT2D eigenvalue weighted by atomic mass is 9.71. The number of hydrogen-bond donors (Lipinski definition) is 3. The van der Waals surface area contributed by atoms with Crippen LogP contribution in [0.4, 0.5) is 4.79 Å². The average Bonchev–Trinajstić information content (AvgIpc) is 3.36. The summed E-state index contributed by atoms with van der Waals surface area (Å²) in [6, 6.07) is 16.5. The highest BCUT2D eigenvalue weighted by molar-refractivity contribution is 5.80. The van der Waals surface area contributed by atoms with Crippen LogP contribution in [0.25, 0.3) is 11.1 Å². The summed E-state index contributed by atoms with van der Waals surface area (Å²) in [5.74, 6) is -0.567. The summed E-state index contributed by atoms with van der Waals surface area (Å²) >= 11 is 0. The highest BCUT2D eigenvalue weighted by atomic mass is 16.5. The molecule has 35 heavy (non-hydrogen) atoms. The molecule has 0 spiro atoms. The van der Waals surface area contributed by atoms with Crippen molar-refractivity contribution in [1.82, 2.24) is 10.6 Å². The van der Waals surface area contributed by atoms with Crippen LogP contribution in [0.3, 0.4) is 0 Å². The number of benzene rings is 2. The van der Waals surface area contributed by atoms with Gasteiger partial charge in [0.25, 0.3) is 0 Å². The second kappa shape index (κ2) is 9.72. The Morgan fingerprint density at radius 2 is 1.66 bits per heavy atom. The predicted molar refractivity (Wildman–Crippen MR) is 131 cm³/mol. The third kappa shape index (κ3) is 4.64. The molecule has 7 heteroatoms. The number of aliphatic carboxylic acids is 1. The summed E-state index contributed by atoms with van der Waals surface area (Å²) < 4.78 is 5.55. The van der Waals surface area contributed by atoms with Crippen molar-refractivity contribution in [2.24, 2.45) is 23.7 Å². The minimum atomic E-state index is -0.725. The first-order chi connectivity index (χ1) is 16.9. The Morgan fingerprint density at radius 1 is 1.00 bits per heavy atom. The van der Waals surface area contributed by atoms with Crippen LogP contribution >= 0.6 is 0 Å². The number of fused-ring (bicyclic) bond motifs is 4. The van der Waals surface area contributed by atoms with E-state index in [-0.39, 0.29) is 42.2 Å². The van der Waals surface area contributed by atoms with Gasteiger partial charge >= 0.3 is 12.1 Å². The molecule has 7 nitrogen and oxygen atoms in total. The van der Waals surface area contributed by atoms with Gasteiger partial charge in [-0.05, 0) is 59.8 Å². The van der Waals surface area contributed by atoms with Crippen LogP contribution in [-0.4, -0.2) is 42.3 Å². The Bertz CT molecular complexity index is 1090. The van der Waals surface area contributed by atoms with E-state index in [1.54, 1.807) is 0 Å². The molecule has 2 aromatic carbocycles. The minimum absolute atomic E-state index is 0.0143. The van der Waals surface area contributed by atoms with Gasteiger partial charge in [0.2, 0.25) is 5.91 Å². The molecule has 5 rings (SSSR count). The van der Waals surface area contributed by atoms with Crippen molar-refractivity contribution < 1.29 is 24.2 Å². The van der Waals surface area contributed by atoms with Crippen LogP contribution in [0.1, 0.15) is 49.7 Å². The molecule has 3 aliphatic carbocycles. The average molecular weight is 477 g/mol. The zero-order chi connectivity index (χ0) is 24.5. The van der Waals surface area contributed by atoms with Gasteiger partial charge in [0.05, 0.1) is 5.92 Å². The molecule has 0 aromatic heterocycles. The number of amides is 2. The Kier molecular flexibility index (Phi) is 6.50. The van der Waals surface area contributed by atoms with Crippen LogP contribution in [-0.2, 0) is 14.3 Å². The van der Waals surface area contributed by atoms with Crippen LogP contribution in [0, 0.1) is 23.7 Å². The Labute approximate surface area is 205 Å². The van der Waals surface area contributed by atoms with E-state index < -0.39 is 12.1 Å². The highest BCUT2D eigenvalue weighted by Gasteiger charge is 2.50. The van der Waals surface area contributed by atoms with Gasteiger partial charge in [0, 0.05) is 24.4 Å². The normalized spacial score (nSPS) is 24.9. The van der Waals surface area contributed by atoms with Crippen molar-refractivity contribution >= 4 is 18.0 Å². The molecule has 0 radical (unpaired) electrons. The molecule has 0 heterocycles. The maximum Gasteiger partial charge on any atom is 0.407 e. The highest BCUT2D eigenvalue weighted by Crippen LogP contribution is 2.50. The second-order valence-corrected chi connectivity index (χ2v) is 10.2. The topological polar surface area (TPSA) is 105 Å². The summed E-state index contributed by atoms with van der Waals surface area (Å²) in [5.41, 5.74) is 4.71. The molecule has 2 unspecified atom stereocenters. The third-order valence-corrected chi connectivity index (χ3v) is 8.14. The number of carboxylic acid groups (broad SMARTS) is 1. The van der Waals surface area contributed by atoms with Crippen LogP contribution in [0.2, 0.25) is 0 Å². The fourth-order valence-corrected chi connectivity index (χ4v) is 6.09. The van der Waals surface area contributed by atoms with E-state index in [4.69, 9.17) is 4.74 Å². The molecule has 2 amide bonds. The molecule has 0 saturated heterocycles. The number of hydrogen-bond acceptors (Lipinski definition) is 4. The van der Waals surface area contributed by atoms with E-state index in [0.717, 1.165) is 12.8 Å². The Morgan fingerprint density at radius 3 is 2.31 bits per heavy atom. The first-order valence-corrected chi connectivity index (χ1v) is 12.5. The van der Waals surface area contributed by atoms with Gasteiger partial charge in [-0.3, -0.25) is 9.59 Å². The number of alkyl carbamates (subject to hydrolysis) is 1. The summed E-state index contributed by atoms with van der Waals surface area (Å²) in [4.78, 5) is 36.2. The van der Waals surface area contributed by atoms with E-state index in [9.17, 15) is 19.5 Å². The maximum atomic E-state index is 12.6. The minimum Gasteiger partial charge on any atom is -0.481 e. The monoisotopic (exact) mass is 476 g/mol. The number of carbonyl (C=O) groups is 3. The van der Waals surface area contributed by atoms with Crippen LogP contribution in [0.5, 0.6) is 0 Å². The maximum absolute atomic E-state index is 12.6. The Balaban J connectivity index is 1.04. The molecular weight excluding hydrogens is 444 g/mol. The third-order valence-electron chi connectivity index (χ3n) is 8.14. The first-order valence-electron chi connectivity index (χ1n) is 12.5. The fraction of sp³-hybridized carbons (Fsp3) is 0.464. The van der Waals surface area contributed by atoms with Gasteiger partial charge in [0.15, 0.2) is 0 Å². The summed E-state index contributed by atoms with van der Waals surface area (Å²) in [6.45, 7) is 2.46. The molecule has 184 valence electrons. The number of rotatable bonds is 8. The van der Waals surface area contributed by atoms with Crippen LogP contribution in [0.15, 0.2) is 48.5 Å². The van der Waals surface area contributed by atoms with Crippen molar-refractivity contribution in [1.29, 1.82) is 0 Å². The fourth-order valence-electron chi connectivity index (χ4n) is 6.09. The second-order valence-electron chi connectivity index (χ2n) is 10.2. The molecule has 0 aliphatic heterocycles. The smallest absolute Gasteiger partial charge is 0.407 e. The van der Waals surface area contributed by atoms with Gasteiger partial charge in [-0.2, -0.15) is 0 Å². The van der Waals surface area contributed by atoms with Crippen LogP contribution < -0.4 is 10.6 Å². The Hall–Kier alpha value is -3.35. The lowest BCUT2D eigenvalue weighted by Crippen LogP contribution is -2.51. The van der Waals surface area contributed by atoms with Gasteiger partial charge in [-0.1, -0.05) is 55.5 Å². The SMILES string of the molecule is CC(CCNC(=O)OCC1c2ccccc2-c2ccccc21)C(=O)N[C@H]1C[C@H]2CC(C(=O)O)C[C@H]21. The number of carbonyl (C=O) groups excluding carboxylic acids is 2. The molecule has 3 aliphatic rings. The standard InChI is InChI=1S/C28H32N2O5/c1-16(26(31)30-25-14-17-12-18(27(32)33)13-23(17)25)10-11-29-28(34)35-15-24-21-8-4-2-6-19(21)20-7-3-5-9-22(20)24/h2-9,16-18,23-25H,10-15H2,1H3,(H,29,34)(H,30,31)(H,32,33)/t16?,17-,18?,23-,25+/m1/s1. The van der Waals surface area contributed by atoms with Crippen molar-refractivity contribution in [2.45, 2.75) is 44.6 Å². The van der Waals surface area contributed by atoms with E-state index in [1.807, 2.05) is 31.2 Å². The molecule has 2 aromatic rings. The molecule has 5 atom stereocenters. The van der Waals surface area contributed by atoms with Gasteiger partial charge in [-0.25, -0.2) is 4.79 Å². The van der Waals surface area contributed by atoms with E-state index in [0.29, 0.717) is 25.3 Å². The molecule has 2 saturated carbocycles. The first kappa shape index (κ1) is 23.4. The van der Waals surface area contributed by atoms with Crippen molar-refractivity contribution in [3.8, 4) is 11.1 Å². The quantitative estimate of drug-likeness (QED) is 0.531. The lowest BCUT2D eigenvalue weighted by molar-refractivity contribution is -0.141. The van der Waals surface area contributed by atoms with Gasteiger partial charge < -0.3 is 20.5 Å². The summed E-state index contributed by atoms with van der Waals surface area (Å²) in [6.07, 6.45) is 2.28. The van der Waals surface area contributed by atoms with E-state index >= 15 is 0 Å².